The average molecular weight is 369 g/mol. The van der Waals surface area contributed by atoms with E-state index < -0.39 is 17.7 Å². The lowest BCUT2D eigenvalue weighted by molar-refractivity contribution is -0.137. The third-order valence-electron chi connectivity index (χ3n) is 3.13. The number of aromatic nitrogens is 5. The molecule has 0 spiro atoms. The number of H-pyrrole nitrogens is 1. The van der Waals surface area contributed by atoms with Gasteiger partial charge in [0.2, 0.25) is 0 Å². The van der Waals surface area contributed by atoms with Gasteiger partial charge < -0.3 is 5.11 Å². The van der Waals surface area contributed by atoms with E-state index in [4.69, 9.17) is 5.11 Å². The highest BCUT2D eigenvalue weighted by Gasteiger charge is 2.31. The van der Waals surface area contributed by atoms with Crippen LogP contribution in [0.5, 0.6) is 0 Å². The molecule has 0 amide bonds. The number of nitrogens with one attached hydrogen (secondary N) is 1. The molecule has 7 nitrogen and oxygen atoms in total. The van der Waals surface area contributed by atoms with Crippen LogP contribution in [-0.4, -0.2) is 41.8 Å². The molecule has 130 valence electrons. The molecule has 0 aliphatic carbocycles. The second kappa shape index (κ2) is 6.59. The monoisotopic (exact) mass is 369 g/mol. The first-order valence-corrected chi connectivity index (χ1v) is 7.82. The number of nitrogens with zero attached hydrogens (tertiary/aromatic N) is 4. The Morgan fingerprint density at radius 2 is 2.08 bits per heavy atom. The van der Waals surface area contributed by atoms with Gasteiger partial charge in [-0.15, -0.1) is 10.2 Å². The summed E-state index contributed by atoms with van der Waals surface area (Å²) in [5.74, 6) is -1.16. The minimum atomic E-state index is -4.51. The van der Waals surface area contributed by atoms with Crippen LogP contribution in [0.15, 0.2) is 41.7 Å². The lowest BCUT2D eigenvalue weighted by atomic mass is 10.2. The normalized spacial score (nSPS) is 11.6. The van der Waals surface area contributed by atoms with Crippen LogP contribution in [0.3, 0.4) is 0 Å². The number of thioether (sulfide) groups is 1. The highest BCUT2D eigenvalue weighted by atomic mass is 32.2. The van der Waals surface area contributed by atoms with Crippen LogP contribution in [-0.2, 0) is 11.0 Å². The Bertz CT molecular complexity index is 892. The van der Waals surface area contributed by atoms with Gasteiger partial charge in [-0.3, -0.25) is 14.5 Å². The van der Waals surface area contributed by atoms with Crippen molar-refractivity contribution in [3.8, 4) is 17.2 Å². The van der Waals surface area contributed by atoms with Gasteiger partial charge in [0.15, 0.2) is 11.0 Å². The van der Waals surface area contributed by atoms with E-state index >= 15 is 0 Å². The van der Waals surface area contributed by atoms with Crippen LogP contribution < -0.4 is 0 Å². The Morgan fingerprint density at radius 3 is 2.72 bits per heavy atom. The molecule has 2 aromatic heterocycles. The maximum atomic E-state index is 13.0. The Morgan fingerprint density at radius 1 is 1.28 bits per heavy atom. The molecule has 0 saturated carbocycles. The molecule has 0 unspecified atom stereocenters. The molecule has 0 fully saturated rings. The summed E-state index contributed by atoms with van der Waals surface area (Å²) < 4.78 is 40.4. The van der Waals surface area contributed by atoms with Gasteiger partial charge in [-0.1, -0.05) is 17.8 Å². The fraction of sp³-hybridized carbons (Fsp3) is 0.143. The Labute approximate surface area is 142 Å². The summed E-state index contributed by atoms with van der Waals surface area (Å²) in [6, 6.07) is 6.21. The number of halogens is 3. The molecule has 1 aromatic carbocycles. The number of rotatable bonds is 5. The van der Waals surface area contributed by atoms with Crippen molar-refractivity contribution in [2.45, 2.75) is 11.3 Å². The van der Waals surface area contributed by atoms with Crippen molar-refractivity contribution in [2.24, 2.45) is 0 Å². The number of hydrogen-bond acceptors (Lipinski definition) is 5. The number of alkyl halides is 3. The topological polar surface area (TPSA) is 96.7 Å². The van der Waals surface area contributed by atoms with E-state index in [1.165, 1.54) is 22.9 Å². The third kappa shape index (κ3) is 3.65. The minimum absolute atomic E-state index is 0.159. The molecule has 2 heterocycles. The number of aromatic amines is 1. The van der Waals surface area contributed by atoms with Crippen LogP contribution >= 0.6 is 11.8 Å². The maximum absolute atomic E-state index is 13.0. The number of hydrogen-bond donors (Lipinski definition) is 2. The van der Waals surface area contributed by atoms with Crippen molar-refractivity contribution in [3.05, 3.63) is 42.1 Å². The highest BCUT2D eigenvalue weighted by Crippen LogP contribution is 2.32. The lowest BCUT2D eigenvalue weighted by Gasteiger charge is -2.12. The van der Waals surface area contributed by atoms with Crippen molar-refractivity contribution in [3.63, 3.8) is 0 Å². The van der Waals surface area contributed by atoms with Gasteiger partial charge in [-0.25, -0.2) is 0 Å². The zero-order chi connectivity index (χ0) is 18.0. The summed E-state index contributed by atoms with van der Waals surface area (Å²) in [5.41, 5.74) is -0.229. The largest absolute Gasteiger partial charge is 0.481 e. The van der Waals surface area contributed by atoms with Crippen molar-refractivity contribution in [2.75, 3.05) is 5.75 Å². The van der Waals surface area contributed by atoms with Crippen molar-refractivity contribution in [1.29, 1.82) is 0 Å². The number of carbonyl (C=O) groups is 1. The fourth-order valence-electron chi connectivity index (χ4n) is 2.10. The Hall–Kier alpha value is -2.82. The molecule has 0 atom stereocenters. The number of aliphatic carboxylic acids is 1. The highest BCUT2D eigenvalue weighted by molar-refractivity contribution is 7.99. The van der Waals surface area contributed by atoms with Gasteiger partial charge in [0.25, 0.3) is 0 Å². The lowest BCUT2D eigenvalue weighted by Crippen LogP contribution is -2.08. The van der Waals surface area contributed by atoms with Crippen molar-refractivity contribution >= 4 is 17.7 Å². The zero-order valence-corrected chi connectivity index (χ0v) is 13.2. The standard InChI is InChI=1S/C14H10F3N5O2S/c15-14(16,17)8-2-1-3-9(6-8)22-12(10-4-5-18-19-10)20-21-13(22)25-7-11(23)24/h1-6H,7H2,(H,18,19)(H,23,24). The quantitative estimate of drug-likeness (QED) is 0.672. The Kier molecular flexibility index (Phi) is 4.49. The smallest absolute Gasteiger partial charge is 0.416 e. The van der Waals surface area contributed by atoms with E-state index in [-0.39, 0.29) is 22.4 Å². The van der Waals surface area contributed by atoms with Gasteiger partial charge in [-0.2, -0.15) is 18.3 Å². The first-order chi connectivity index (χ1) is 11.9. The first-order valence-electron chi connectivity index (χ1n) is 6.83. The van der Waals surface area contributed by atoms with Crippen LogP contribution in [0.25, 0.3) is 17.2 Å². The van der Waals surface area contributed by atoms with Crippen LogP contribution in [0.2, 0.25) is 0 Å². The van der Waals surface area contributed by atoms with E-state index in [1.54, 1.807) is 6.07 Å². The minimum Gasteiger partial charge on any atom is -0.481 e. The molecule has 3 aromatic rings. The molecule has 0 saturated heterocycles. The summed E-state index contributed by atoms with van der Waals surface area (Å²) in [7, 11) is 0. The Balaban J connectivity index is 2.12. The van der Waals surface area contributed by atoms with Gasteiger partial charge in [0.05, 0.1) is 17.0 Å². The predicted molar refractivity (Wildman–Crippen MR) is 82.3 cm³/mol. The predicted octanol–water partition coefficient (Wildman–Crippen LogP) is 2.85. The summed E-state index contributed by atoms with van der Waals surface area (Å²) in [6.07, 6.45) is -3.04. The molecular weight excluding hydrogens is 359 g/mol. The van der Waals surface area contributed by atoms with E-state index in [0.717, 1.165) is 23.9 Å². The summed E-state index contributed by atoms with van der Waals surface area (Å²) in [4.78, 5) is 10.8. The summed E-state index contributed by atoms with van der Waals surface area (Å²) >= 11 is 0.856. The molecule has 0 radical (unpaired) electrons. The second-order valence-electron chi connectivity index (χ2n) is 4.84. The first kappa shape index (κ1) is 17.0. The van der Waals surface area contributed by atoms with Gasteiger partial charge in [-0.05, 0) is 24.3 Å². The summed E-state index contributed by atoms with van der Waals surface area (Å²) in [6.45, 7) is 0. The molecular formula is C14H10F3N5O2S. The van der Waals surface area contributed by atoms with E-state index in [0.29, 0.717) is 5.69 Å². The van der Waals surface area contributed by atoms with E-state index in [1.807, 2.05) is 0 Å². The van der Waals surface area contributed by atoms with Crippen molar-refractivity contribution in [1.82, 2.24) is 25.0 Å². The fourth-order valence-corrected chi connectivity index (χ4v) is 2.77. The van der Waals surface area contributed by atoms with E-state index in [2.05, 4.69) is 20.4 Å². The molecule has 0 aliphatic rings. The van der Waals surface area contributed by atoms with Crippen LogP contribution in [0.4, 0.5) is 13.2 Å². The molecule has 0 bridgehead atoms. The molecule has 3 rings (SSSR count). The molecule has 11 heteroatoms. The number of carboxylic acid groups (broad SMARTS) is 1. The SMILES string of the molecule is O=C(O)CSc1nnc(-c2ccn[nH]2)n1-c1cccc(C(F)(F)F)c1. The van der Waals surface area contributed by atoms with Gasteiger partial charge in [0.1, 0.15) is 5.69 Å². The number of benzene rings is 1. The average Bonchev–Trinajstić information content (AvgIpc) is 3.21. The summed E-state index contributed by atoms with van der Waals surface area (Å²) in [5, 5.41) is 23.3. The molecule has 2 N–H and O–H groups in total. The maximum Gasteiger partial charge on any atom is 0.416 e. The van der Waals surface area contributed by atoms with Crippen LogP contribution in [0, 0.1) is 0 Å². The van der Waals surface area contributed by atoms with Crippen molar-refractivity contribution < 1.29 is 23.1 Å². The third-order valence-corrected chi connectivity index (χ3v) is 4.05. The molecule has 25 heavy (non-hydrogen) atoms. The van der Waals surface area contributed by atoms with Gasteiger partial charge >= 0.3 is 12.1 Å². The van der Waals surface area contributed by atoms with E-state index in [9.17, 15) is 18.0 Å². The molecule has 0 aliphatic heterocycles. The second-order valence-corrected chi connectivity index (χ2v) is 5.78. The van der Waals surface area contributed by atoms with Gasteiger partial charge in [0, 0.05) is 6.20 Å². The van der Waals surface area contributed by atoms with Crippen LogP contribution in [0.1, 0.15) is 5.56 Å². The zero-order valence-electron chi connectivity index (χ0n) is 12.4. The number of carboxylic acids is 1.